The Kier molecular flexibility index (Phi) is 16.6. The smallest absolute Gasteiger partial charge is 0.326 e. The number of amides is 5. The number of ketones is 1. The van der Waals surface area contributed by atoms with Gasteiger partial charge in [-0.3, -0.25) is 28.8 Å². The second-order valence-corrected chi connectivity index (χ2v) is 19.4. The largest absolute Gasteiger partial charge is 0.480 e. The van der Waals surface area contributed by atoms with Crippen LogP contribution >= 0.6 is 11.3 Å². The van der Waals surface area contributed by atoms with Crippen molar-refractivity contribution < 1.29 is 38.7 Å². The number of carbonyl (C=O) groups is 7. The number of carbonyl (C=O) groups excluding carboxylic acids is 6. The van der Waals surface area contributed by atoms with Gasteiger partial charge in [0.25, 0.3) is 0 Å². The number of carboxylic acid groups (broad SMARTS) is 1. The zero-order valence-electron chi connectivity index (χ0n) is 39.1. The molecule has 71 heavy (non-hydrogen) atoms. The molecule has 2 bridgehead atoms. The van der Waals surface area contributed by atoms with Crippen LogP contribution in [0.15, 0.2) is 157 Å². The topological polar surface area (TPSA) is 200 Å². The third kappa shape index (κ3) is 13.5. The Balaban J connectivity index is 1.14. The fourth-order valence-electron chi connectivity index (χ4n) is 9.19. The van der Waals surface area contributed by atoms with E-state index in [9.17, 15) is 38.7 Å². The first-order chi connectivity index (χ1) is 34.4. The molecule has 3 heterocycles. The van der Waals surface area contributed by atoms with Gasteiger partial charge in [-0.2, -0.15) is 0 Å². The Morgan fingerprint density at radius 3 is 1.77 bits per heavy atom. The minimum Gasteiger partial charge on any atom is -0.480 e. The van der Waals surface area contributed by atoms with Crippen LogP contribution in [-0.4, -0.2) is 70.6 Å². The number of rotatable bonds is 13. The third-order valence-corrected chi connectivity index (χ3v) is 14.3. The first-order valence-electron chi connectivity index (χ1n) is 24.1. The average molecular weight is 972 g/mol. The van der Waals surface area contributed by atoms with Gasteiger partial charge in [-0.05, 0) is 89.1 Å². The SMILES string of the molecule is O=C(N[C@@H](Cc1ccccc1)C(=O)O)[C@@H]1CC(=O)[C@H](CCc2ccccc2)NC(=O)[C@@H](Cc2ccc(-c3ccccc3)cc2)NC(=O)[C@H](Cc2cccs2)NC(=O)[C@H]2CC[C@H]2C(=O)Nc2ccc(cc2)C1. The summed E-state index contributed by atoms with van der Waals surface area (Å²) in [4.78, 5) is 99.9. The maximum Gasteiger partial charge on any atom is 0.326 e. The molecule has 6 N–H and O–H groups in total. The van der Waals surface area contributed by atoms with Crippen molar-refractivity contribution in [3.8, 4) is 11.1 Å². The maximum atomic E-state index is 14.9. The lowest BCUT2D eigenvalue weighted by Crippen LogP contribution is -2.58. The Hall–Kier alpha value is -7.71. The number of hydrogen-bond acceptors (Lipinski definition) is 8. The molecule has 5 aromatic carbocycles. The van der Waals surface area contributed by atoms with Gasteiger partial charge in [-0.25, -0.2) is 4.79 Å². The zero-order valence-corrected chi connectivity index (χ0v) is 39.9. The van der Waals surface area contributed by atoms with E-state index in [4.69, 9.17) is 0 Å². The number of fused-ring (bicyclic) bond motifs is 15. The number of anilines is 1. The van der Waals surface area contributed by atoms with E-state index in [2.05, 4.69) is 26.6 Å². The summed E-state index contributed by atoms with van der Waals surface area (Å²) < 4.78 is 0. The highest BCUT2D eigenvalue weighted by atomic mass is 32.1. The van der Waals surface area contributed by atoms with Gasteiger partial charge in [0.2, 0.25) is 29.5 Å². The van der Waals surface area contributed by atoms with Crippen molar-refractivity contribution in [2.45, 2.75) is 82.0 Å². The summed E-state index contributed by atoms with van der Waals surface area (Å²) in [7, 11) is 0. The molecule has 9 rings (SSSR count). The molecule has 1 aliphatic carbocycles. The quantitative estimate of drug-likeness (QED) is 0.0672. The highest BCUT2D eigenvalue weighted by Gasteiger charge is 2.43. The predicted octanol–water partition coefficient (Wildman–Crippen LogP) is 6.90. The van der Waals surface area contributed by atoms with Gasteiger partial charge in [0.05, 0.1) is 6.04 Å². The van der Waals surface area contributed by atoms with Crippen LogP contribution in [0.4, 0.5) is 5.69 Å². The average Bonchev–Trinajstić information content (AvgIpc) is 3.88. The molecule has 0 radical (unpaired) electrons. The molecule has 13 nitrogen and oxygen atoms in total. The van der Waals surface area contributed by atoms with Crippen molar-refractivity contribution in [3.05, 3.63) is 184 Å². The first kappa shape index (κ1) is 49.7. The van der Waals surface area contributed by atoms with Gasteiger partial charge in [0.1, 0.15) is 18.1 Å². The van der Waals surface area contributed by atoms with Crippen molar-refractivity contribution in [1.29, 1.82) is 0 Å². The van der Waals surface area contributed by atoms with Gasteiger partial charge in [0.15, 0.2) is 5.78 Å². The van der Waals surface area contributed by atoms with Gasteiger partial charge in [-0.1, -0.05) is 133 Å². The van der Waals surface area contributed by atoms with Crippen molar-refractivity contribution >= 4 is 58.3 Å². The van der Waals surface area contributed by atoms with E-state index in [1.54, 1.807) is 48.5 Å². The van der Waals surface area contributed by atoms with E-state index < -0.39 is 77.3 Å². The zero-order chi connectivity index (χ0) is 49.7. The molecule has 364 valence electrons. The molecular weight excluding hydrogens is 915 g/mol. The summed E-state index contributed by atoms with van der Waals surface area (Å²) in [6.07, 6.45) is 1.25. The minimum atomic E-state index is -1.30. The summed E-state index contributed by atoms with van der Waals surface area (Å²) in [6.45, 7) is 0. The molecule has 14 heteroatoms. The molecule has 1 aromatic heterocycles. The Morgan fingerprint density at radius 1 is 0.577 bits per heavy atom. The van der Waals surface area contributed by atoms with Gasteiger partial charge in [0, 0.05) is 54.0 Å². The van der Waals surface area contributed by atoms with Crippen LogP contribution in [0, 0.1) is 17.8 Å². The van der Waals surface area contributed by atoms with E-state index in [0.717, 1.165) is 27.1 Å². The minimum absolute atomic E-state index is 0.00593. The number of thiophene rings is 1. The van der Waals surface area contributed by atoms with E-state index in [1.807, 2.05) is 109 Å². The number of carboxylic acids is 1. The summed E-state index contributed by atoms with van der Waals surface area (Å²) >= 11 is 1.42. The van der Waals surface area contributed by atoms with E-state index >= 15 is 0 Å². The van der Waals surface area contributed by atoms with Crippen LogP contribution < -0.4 is 26.6 Å². The number of hydrogen-bond donors (Lipinski definition) is 6. The fraction of sp³-hybridized carbons (Fsp3) is 0.281. The number of aliphatic carboxylic acids is 1. The summed E-state index contributed by atoms with van der Waals surface area (Å²) in [5, 5.41) is 26.6. The van der Waals surface area contributed by atoms with Crippen molar-refractivity contribution in [2.24, 2.45) is 17.8 Å². The Morgan fingerprint density at radius 2 is 1.15 bits per heavy atom. The van der Waals surface area contributed by atoms with Gasteiger partial charge >= 0.3 is 5.97 Å². The highest BCUT2D eigenvalue weighted by Crippen LogP contribution is 2.36. The first-order valence-corrected chi connectivity index (χ1v) is 24.9. The third-order valence-electron chi connectivity index (χ3n) is 13.4. The van der Waals surface area contributed by atoms with Gasteiger partial charge in [-0.15, -0.1) is 11.3 Å². The monoisotopic (exact) mass is 971 g/mol. The molecule has 0 unspecified atom stereocenters. The molecule has 6 aromatic rings. The molecule has 0 spiro atoms. The van der Waals surface area contributed by atoms with Crippen molar-refractivity contribution in [1.82, 2.24) is 21.3 Å². The summed E-state index contributed by atoms with van der Waals surface area (Å²) in [5.74, 6) is -6.85. The van der Waals surface area contributed by atoms with Crippen LogP contribution in [0.1, 0.15) is 52.8 Å². The summed E-state index contributed by atoms with van der Waals surface area (Å²) in [6, 6.07) is 41.5. The van der Waals surface area contributed by atoms with E-state index in [-0.39, 0.29) is 44.4 Å². The highest BCUT2D eigenvalue weighted by molar-refractivity contribution is 7.09. The molecule has 3 aliphatic rings. The molecule has 1 saturated carbocycles. The van der Waals surface area contributed by atoms with Crippen molar-refractivity contribution in [2.75, 3.05) is 5.32 Å². The lowest BCUT2D eigenvalue weighted by molar-refractivity contribution is -0.142. The second kappa shape index (κ2) is 23.7. The van der Waals surface area contributed by atoms with E-state index in [0.29, 0.717) is 36.1 Å². The number of benzene rings is 5. The second-order valence-electron chi connectivity index (χ2n) is 18.4. The molecule has 5 amide bonds. The Labute approximate surface area is 416 Å². The maximum absolute atomic E-state index is 14.9. The van der Waals surface area contributed by atoms with Crippen LogP contribution in [0.2, 0.25) is 0 Å². The fourth-order valence-corrected chi connectivity index (χ4v) is 9.95. The standard InChI is InChI=1S/C57H57N5O8S/c63-51-34-42(52(64)62-50(57(69)70)33-37-13-6-2-7-14-37)31-38-20-25-43(26-21-38)58-53(65)45-27-28-46(45)54(66)60-49(35-44-17-10-30-71-44)56(68)61-48(55(67)59-47(51)29-22-36-11-4-1-5-12-36)32-39-18-23-41(24-19-39)40-15-8-3-9-16-40/h1-21,23-26,30,42,45-50H,22,27-29,31-35H2,(H,58,65)(H,59,67)(H,60,66)(H,61,68)(H,62,64)(H,69,70)/t42-,45+,46-,47-,48+,49-,50-/m0/s1. The molecule has 2 aliphatic heterocycles. The van der Waals surface area contributed by atoms with Crippen LogP contribution in [0.3, 0.4) is 0 Å². The molecule has 1 fully saturated rings. The van der Waals surface area contributed by atoms with Crippen LogP contribution in [0.5, 0.6) is 0 Å². The lowest BCUT2D eigenvalue weighted by Gasteiger charge is -2.35. The summed E-state index contributed by atoms with van der Waals surface area (Å²) in [5.41, 5.74) is 5.38. The predicted molar refractivity (Wildman–Crippen MR) is 272 cm³/mol. The van der Waals surface area contributed by atoms with Crippen LogP contribution in [-0.2, 0) is 65.7 Å². The normalized spacial score (nSPS) is 21.4. The van der Waals surface area contributed by atoms with Crippen molar-refractivity contribution in [3.63, 3.8) is 0 Å². The molecular formula is C57H57N5O8S. The van der Waals surface area contributed by atoms with Gasteiger partial charge < -0.3 is 31.7 Å². The molecule has 7 atom stereocenters. The van der Waals surface area contributed by atoms with Crippen LogP contribution in [0.25, 0.3) is 11.1 Å². The number of nitrogens with one attached hydrogen (secondary N) is 5. The Bertz CT molecular complexity index is 2790. The lowest BCUT2D eigenvalue weighted by atomic mass is 9.72. The number of Topliss-reactive ketones (excluding diaryl/α,β-unsaturated/α-hetero) is 1. The van der Waals surface area contributed by atoms with E-state index in [1.165, 1.54) is 11.3 Å². The number of aryl methyl sites for hydroxylation is 1. The molecule has 0 saturated heterocycles.